The van der Waals surface area contributed by atoms with Crippen molar-refractivity contribution >= 4 is 11.9 Å². The van der Waals surface area contributed by atoms with Crippen LogP contribution >= 0.6 is 0 Å². The van der Waals surface area contributed by atoms with E-state index in [1.807, 2.05) is 12.1 Å². The molecule has 0 spiro atoms. The van der Waals surface area contributed by atoms with E-state index < -0.39 is 5.97 Å². The number of carbonyl (C=O) groups is 2. The number of amides is 1. The molecule has 3 atom stereocenters. The maximum atomic E-state index is 12.3. The van der Waals surface area contributed by atoms with Gasteiger partial charge in [-0.2, -0.15) is 0 Å². The van der Waals surface area contributed by atoms with Gasteiger partial charge in [-0.1, -0.05) is 24.3 Å². The molecule has 0 saturated heterocycles. The van der Waals surface area contributed by atoms with Gasteiger partial charge >= 0.3 is 5.97 Å². The van der Waals surface area contributed by atoms with E-state index in [1.54, 1.807) is 0 Å². The van der Waals surface area contributed by atoms with E-state index >= 15 is 0 Å². The lowest BCUT2D eigenvalue weighted by Gasteiger charge is -2.26. The molecule has 2 aliphatic rings. The molecule has 1 amide bonds. The Bertz CT molecular complexity index is 558. The lowest BCUT2D eigenvalue weighted by Crippen LogP contribution is -2.50. The van der Waals surface area contributed by atoms with Crippen LogP contribution in [0.2, 0.25) is 0 Å². The Balaban J connectivity index is 1.57. The lowest BCUT2D eigenvalue weighted by molar-refractivity contribution is -0.141. The maximum absolute atomic E-state index is 12.3. The van der Waals surface area contributed by atoms with Crippen molar-refractivity contribution in [1.29, 1.82) is 0 Å². The average Bonchev–Trinajstić information content (AvgIpc) is 2.95. The van der Waals surface area contributed by atoms with E-state index in [1.165, 1.54) is 11.1 Å². The van der Waals surface area contributed by atoms with Gasteiger partial charge in [0.05, 0.1) is 12.0 Å². The highest BCUT2D eigenvalue weighted by molar-refractivity contribution is 5.83. The molecule has 1 fully saturated rings. The Morgan fingerprint density at radius 3 is 2.67 bits per heavy atom. The highest BCUT2D eigenvalue weighted by Gasteiger charge is 2.32. The highest BCUT2D eigenvalue weighted by Crippen LogP contribution is 2.26. The molecule has 112 valence electrons. The fraction of sp³-hybridized carbons (Fsp3) is 0.500. The zero-order valence-electron chi connectivity index (χ0n) is 11.8. The first-order valence-electron chi connectivity index (χ1n) is 7.47. The van der Waals surface area contributed by atoms with Gasteiger partial charge < -0.3 is 15.7 Å². The molecule has 0 aromatic heterocycles. The number of hydrogen-bond donors (Lipinski definition) is 3. The van der Waals surface area contributed by atoms with Crippen LogP contribution in [-0.4, -0.2) is 29.1 Å². The van der Waals surface area contributed by atoms with E-state index in [0.29, 0.717) is 25.8 Å². The summed E-state index contributed by atoms with van der Waals surface area (Å²) in [6.45, 7) is 0.705. The minimum atomic E-state index is -0.753. The smallest absolute Gasteiger partial charge is 0.306 e. The molecule has 21 heavy (non-hydrogen) atoms. The third-order valence-corrected chi connectivity index (χ3v) is 4.53. The molecule has 1 saturated carbocycles. The molecule has 1 aromatic rings. The first-order valence-corrected chi connectivity index (χ1v) is 7.47. The van der Waals surface area contributed by atoms with Crippen molar-refractivity contribution in [2.45, 2.75) is 44.3 Å². The predicted octanol–water partition coefficient (Wildman–Crippen LogP) is 1.07. The summed E-state index contributed by atoms with van der Waals surface area (Å²) in [6.07, 6.45) is 2.65. The lowest BCUT2D eigenvalue weighted by atomic mass is 9.95. The second-order valence-corrected chi connectivity index (χ2v) is 5.96. The van der Waals surface area contributed by atoms with Gasteiger partial charge in [-0.15, -0.1) is 0 Å². The topological polar surface area (TPSA) is 78.4 Å². The molecular formula is C16H20N2O3. The first kappa shape index (κ1) is 14.1. The van der Waals surface area contributed by atoms with Crippen LogP contribution in [0.3, 0.4) is 0 Å². The number of carboxylic acid groups (broad SMARTS) is 1. The number of aliphatic carboxylic acids is 1. The van der Waals surface area contributed by atoms with Crippen molar-refractivity contribution in [1.82, 2.24) is 10.6 Å². The van der Waals surface area contributed by atoms with E-state index in [0.717, 1.165) is 6.42 Å². The summed E-state index contributed by atoms with van der Waals surface area (Å²) in [5.74, 6) is -1.08. The molecular weight excluding hydrogens is 268 g/mol. The van der Waals surface area contributed by atoms with Crippen molar-refractivity contribution < 1.29 is 14.7 Å². The molecule has 1 aliphatic carbocycles. The van der Waals surface area contributed by atoms with Gasteiger partial charge in [-0.3, -0.25) is 9.59 Å². The highest BCUT2D eigenvalue weighted by atomic mass is 16.4. The molecule has 1 aromatic carbocycles. The Morgan fingerprint density at radius 1 is 1.19 bits per heavy atom. The summed E-state index contributed by atoms with van der Waals surface area (Å²) in [4.78, 5) is 23.3. The molecule has 5 nitrogen and oxygen atoms in total. The SMILES string of the molecule is O=C(O)C1CCC(NC(=O)[C@H]2Cc3ccccc3CN2)C1. The molecule has 1 aliphatic heterocycles. The maximum Gasteiger partial charge on any atom is 0.306 e. The predicted molar refractivity (Wildman–Crippen MR) is 77.7 cm³/mol. The van der Waals surface area contributed by atoms with E-state index in [4.69, 9.17) is 5.11 Å². The molecule has 3 rings (SSSR count). The van der Waals surface area contributed by atoms with E-state index in [2.05, 4.69) is 22.8 Å². The Labute approximate surface area is 123 Å². The summed E-state index contributed by atoms with van der Waals surface area (Å²) in [6, 6.07) is 7.91. The van der Waals surface area contributed by atoms with Gasteiger partial charge in [0.2, 0.25) is 5.91 Å². The summed E-state index contributed by atoms with van der Waals surface area (Å²) in [5, 5.41) is 15.3. The van der Waals surface area contributed by atoms with Crippen molar-refractivity contribution in [3.05, 3.63) is 35.4 Å². The second kappa shape index (κ2) is 5.85. The van der Waals surface area contributed by atoms with Crippen molar-refractivity contribution in [2.75, 3.05) is 0 Å². The van der Waals surface area contributed by atoms with E-state index in [-0.39, 0.29) is 23.9 Å². The van der Waals surface area contributed by atoms with Crippen LogP contribution in [0.1, 0.15) is 30.4 Å². The normalized spacial score (nSPS) is 27.9. The van der Waals surface area contributed by atoms with Gasteiger partial charge in [0.15, 0.2) is 0 Å². The van der Waals surface area contributed by atoms with Crippen molar-refractivity contribution in [2.24, 2.45) is 5.92 Å². The quantitative estimate of drug-likeness (QED) is 0.777. The first-order chi connectivity index (χ1) is 10.1. The number of rotatable bonds is 3. The summed E-state index contributed by atoms with van der Waals surface area (Å²) in [7, 11) is 0. The van der Waals surface area contributed by atoms with Crippen LogP contribution < -0.4 is 10.6 Å². The molecule has 5 heteroatoms. The fourth-order valence-corrected chi connectivity index (χ4v) is 3.28. The number of hydrogen-bond acceptors (Lipinski definition) is 3. The largest absolute Gasteiger partial charge is 0.481 e. The Kier molecular flexibility index (Phi) is 3.92. The molecule has 1 heterocycles. The summed E-state index contributed by atoms with van der Waals surface area (Å²) >= 11 is 0. The molecule has 0 bridgehead atoms. The average molecular weight is 288 g/mol. The fourth-order valence-electron chi connectivity index (χ4n) is 3.28. The van der Waals surface area contributed by atoms with Crippen LogP contribution in [-0.2, 0) is 22.6 Å². The zero-order chi connectivity index (χ0) is 14.8. The van der Waals surface area contributed by atoms with Crippen LogP contribution in [0, 0.1) is 5.92 Å². The third kappa shape index (κ3) is 3.08. The molecule has 2 unspecified atom stereocenters. The second-order valence-electron chi connectivity index (χ2n) is 5.96. The third-order valence-electron chi connectivity index (χ3n) is 4.53. The zero-order valence-corrected chi connectivity index (χ0v) is 11.8. The number of fused-ring (bicyclic) bond motifs is 1. The van der Waals surface area contributed by atoms with Gasteiger partial charge in [-0.25, -0.2) is 0 Å². The van der Waals surface area contributed by atoms with Crippen LogP contribution in [0.4, 0.5) is 0 Å². The summed E-state index contributed by atoms with van der Waals surface area (Å²) in [5.41, 5.74) is 2.46. The Hall–Kier alpha value is -1.88. The number of nitrogens with one attached hydrogen (secondary N) is 2. The summed E-state index contributed by atoms with van der Waals surface area (Å²) < 4.78 is 0. The number of carboxylic acids is 1. The number of benzene rings is 1. The number of carbonyl (C=O) groups excluding carboxylic acids is 1. The minimum absolute atomic E-state index is 0.00225. The van der Waals surface area contributed by atoms with Crippen molar-refractivity contribution in [3.8, 4) is 0 Å². The van der Waals surface area contributed by atoms with Crippen LogP contribution in [0.15, 0.2) is 24.3 Å². The minimum Gasteiger partial charge on any atom is -0.481 e. The van der Waals surface area contributed by atoms with Crippen LogP contribution in [0.5, 0.6) is 0 Å². The molecule has 3 N–H and O–H groups in total. The van der Waals surface area contributed by atoms with Crippen molar-refractivity contribution in [3.63, 3.8) is 0 Å². The van der Waals surface area contributed by atoms with Crippen LogP contribution in [0.25, 0.3) is 0 Å². The molecule has 0 radical (unpaired) electrons. The van der Waals surface area contributed by atoms with Gasteiger partial charge in [0, 0.05) is 12.6 Å². The van der Waals surface area contributed by atoms with Gasteiger partial charge in [0.1, 0.15) is 0 Å². The van der Waals surface area contributed by atoms with E-state index in [9.17, 15) is 9.59 Å². The standard InChI is InChI=1S/C16H20N2O3/c19-15(18-13-6-5-11(7-13)16(20)21)14-8-10-3-1-2-4-12(10)9-17-14/h1-4,11,13-14,17H,5-9H2,(H,18,19)(H,20,21)/t11?,13?,14-/m1/s1. The Morgan fingerprint density at radius 2 is 1.95 bits per heavy atom. The van der Waals surface area contributed by atoms with Gasteiger partial charge in [0.25, 0.3) is 0 Å². The monoisotopic (exact) mass is 288 g/mol. The van der Waals surface area contributed by atoms with Gasteiger partial charge in [-0.05, 0) is 36.8 Å².